The van der Waals surface area contributed by atoms with Crippen LogP contribution < -0.4 is 13.7 Å². The molecule has 0 unspecified atom stereocenters. The summed E-state index contributed by atoms with van der Waals surface area (Å²) in [6, 6.07) is 90.2. The molecule has 0 amide bonds. The summed E-state index contributed by atoms with van der Waals surface area (Å²) in [5, 5.41) is 15.2. The van der Waals surface area contributed by atoms with Crippen molar-refractivity contribution in [3.63, 3.8) is 0 Å². The van der Waals surface area contributed by atoms with E-state index in [4.69, 9.17) is 4.42 Å². The summed E-state index contributed by atoms with van der Waals surface area (Å²) >= 11 is 0. The van der Waals surface area contributed by atoms with Crippen molar-refractivity contribution in [1.29, 1.82) is 0 Å². The van der Waals surface area contributed by atoms with Crippen LogP contribution in [0.2, 0.25) is 0 Å². The number of fused-ring (bicyclic) bond motifs is 12. The molecule has 7 aromatic heterocycles. The fourth-order valence-corrected chi connectivity index (χ4v) is 15.4. The van der Waals surface area contributed by atoms with Gasteiger partial charge < -0.3 is 18.1 Å². The Morgan fingerprint density at radius 1 is 0.274 bits per heavy atom. The molecule has 0 aliphatic carbocycles. The lowest BCUT2D eigenvalue weighted by Crippen LogP contribution is -2.30. The Morgan fingerprint density at radius 3 is 1.23 bits per heavy atom. The highest BCUT2D eigenvalue weighted by molar-refractivity contribution is 6.15. The average molecular weight is 1230 g/mol. The van der Waals surface area contributed by atoms with Crippen molar-refractivity contribution >= 4 is 97.7 Å². The SMILES string of the molecule is Cc1cc(-c2ccc3c(c2)c2ccccc2n3C)c2ccccc2c1-c1cccc[n+]1C.Cc1cc(-c2ccc3c(c2)c2ccccc2n3C)c2cocc2c1-c1cccc[n+]1C.Cc1ccc2cc(-c3cccc4c5ccccc5n(C)c34)ccc2c1-c1cccc[n+]1C. The third-order valence-corrected chi connectivity index (χ3v) is 20.1. The van der Waals surface area contributed by atoms with Crippen LogP contribution in [0.5, 0.6) is 0 Å². The standard InChI is InChI=1S/2C30H25N2.C28H23N2O/c1-20-18-25(21-15-16-28-26(19-21)23-11-6-7-13-27(23)32(28)3)22-10-4-5-12-24(22)30(20)29-14-8-9-17-31(29)2;1-20-14-15-21-19-22(16-17-23(21)29(20)28-13-6-7-18-31(28)2)24-10-8-11-26-25-9-4-5-12-27(25)32(3)30(24)26;1-18-14-21(23-16-31-17-24(23)28(18)27-10-6-7-13-29(27)2)19-11-12-26-22(15-19)20-8-4-5-9-25(20)30(26)3/h2*4-19H,1-3H3;4-17H,1-3H3/q3*+1. The molecule has 0 bridgehead atoms. The Balaban J connectivity index is 0.000000112. The van der Waals surface area contributed by atoms with Gasteiger partial charge in [-0.2, -0.15) is 0 Å². The summed E-state index contributed by atoms with van der Waals surface area (Å²) in [6.07, 6.45) is 10.1. The van der Waals surface area contributed by atoms with Crippen LogP contribution in [-0.2, 0) is 42.3 Å². The van der Waals surface area contributed by atoms with E-state index in [0.29, 0.717) is 0 Å². The number of aryl methyl sites for hydroxylation is 9. The van der Waals surface area contributed by atoms with Gasteiger partial charge in [-0.3, -0.25) is 0 Å². The Labute approximate surface area is 553 Å². The Morgan fingerprint density at radius 2 is 0.684 bits per heavy atom. The van der Waals surface area contributed by atoms with Crippen molar-refractivity contribution in [2.45, 2.75) is 20.8 Å². The molecule has 7 nitrogen and oxygen atoms in total. The third-order valence-electron chi connectivity index (χ3n) is 20.1. The zero-order valence-electron chi connectivity index (χ0n) is 55.1. The first kappa shape index (κ1) is 58.4. The summed E-state index contributed by atoms with van der Waals surface area (Å²) < 4.78 is 19.2. The zero-order chi connectivity index (χ0) is 64.8. The summed E-state index contributed by atoms with van der Waals surface area (Å²) in [5.41, 5.74) is 26.4. The predicted octanol–water partition coefficient (Wildman–Crippen LogP) is 20.4. The van der Waals surface area contributed by atoms with E-state index in [-0.39, 0.29) is 0 Å². The van der Waals surface area contributed by atoms with Gasteiger partial charge in [0.15, 0.2) is 18.6 Å². The van der Waals surface area contributed by atoms with E-state index in [2.05, 4.69) is 358 Å². The number of hydrogen-bond acceptors (Lipinski definition) is 1. The number of hydrogen-bond donors (Lipinski definition) is 0. The molecule has 0 fully saturated rings. The molecular formula is C88H73N6O+3. The van der Waals surface area contributed by atoms with Crippen LogP contribution in [-0.4, -0.2) is 13.7 Å². The fraction of sp³-hybridized carbons (Fsp3) is 0.102. The summed E-state index contributed by atoms with van der Waals surface area (Å²) in [6.45, 7) is 6.62. The van der Waals surface area contributed by atoms with Crippen molar-refractivity contribution in [2.24, 2.45) is 42.3 Å². The topological polar surface area (TPSA) is 39.6 Å². The lowest BCUT2D eigenvalue weighted by molar-refractivity contribution is -0.660. The molecule has 0 saturated carbocycles. The number of benzene rings is 11. The molecule has 458 valence electrons. The number of aromatic nitrogens is 6. The minimum atomic E-state index is 1.14. The van der Waals surface area contributed by atoms with Crippen molar-refractivity contribution in [1.82, 2.24) is 13.7 Å². The van der Waals surface area contributed by atoms with Crippen LogP contribution in [0.15, 0.2) is 284 Å². The second-order valence-electron chi connectivity index (χ2n) is 25.7. The lowest BCUT2D eigenvalue weighted by atomic mass is 9.89. The predicted molar refractivity (Wildman–Crippen MR) is 396 cm³/mol. The molecule has 0 spiro atoms. The first-order valence-electron chi connectivity index (χ1n) is 32.7. The smallest absolute Gasteiger partial charge is 0.213 e. The second kappa shape index (κ2) is 23.5. The third kappa shape index (κ3) is 9.76. The molecule has 0 aliphatic rings. The van der Waals surface area contributed by atoms with Gasteiger partial charge in [-0.15, -0.1) is 0 Å². The van der Waals surface area contributed by atoms with Gasteiger partial charge in [0.2, 0.25) is 17.1 Å². The van der Waals surface area contributed by atoms with E-state index in [1.807, 2.05) is 12.5 Å². The largest absolute Gasteiger partial charge is 0.471 e. The van der Waals surface area contributed by atoms with Gasteiger partial charge in [0, 0.05) is 134 Å². The Bertz CT molecular complexity index is 6110. The second-order valence-corrected chi connectivity index (χ2v) is 25.7. The highest BCUT2D eigenvalue weighted by Gasteiger charge is 2.23. The molecule has 7 heteroatoms. The number of pyridine rings is 3. The molecular weight excluding hydrogens is 1160 g/mol. The van der Waals surface area contributed by atoms with E-state index in [1.165, 1.54) is 171 Å². The van der Waals surface area contributed by atoms with Gasteiger partial charge in [0.1, 0.15) is 21.1 Å². The van der Waals surface area contributed by atoms with Crippen LogP contribution in [0.25, 0.3) is 165 Å². The summed E-state index contributed by atoms with van der Waals surface area (Å²) in [4.78, 5) is 0. The first-order chi connectivity index (χ1) is 46.4. The van der Waals surface area contributed by atoms with Crippen LogP contribution in [0.1, 0.15) is 16.7 Å². The van der Waals surface area contributed by atoms with Crippen molar-refractivity contribution < 1.29 is 18.1 Å². The van der Waals surface area contributed by atoms with Gasteiger partial charge in [-0.1, -0.05) is 133 Å². The monoisotopic (exact) mass is 1230 g/mol. The number of para-hydroxylation sites is 4. The molecule has 0 radical (unpaired) electrons. The molecule has 18 rings (SSSR count). The molecule has 7 heterocycles. The lowest BCUT2D eigenvalue weighted by Gasteiger charge is -2.14. The minimum absolute atomic E-state index is 1.14. The van der Waals surface area contributed by atoms with Gasteiger partial charge in [-0.05, 0) is 166 Å². The molecule has 0 saturated heterocycles. The molecule has 0 atom stereocenters. The quantitative estimate of drug-likeness (QED) is 0.153. The summed E-state index contributed by atoms with van der Waals surface area (Å²) in [7, 11) is 12.8. The fourth-order valence-electron chi connectivity index (χ4n) is 15.4. The minimum Gasteiger partial charge on any atom is -0.471 e. The maximum Gasteiger partial charge on any atom is 0.213 e. The number of rotatable bonds is 6. The highest BCUT2D eigenvalue weighted by atomic mass is 16.3. The maximum atomic E-state index is 5.73. The zero-order valence-corrected chi connectivity index (χ0v) is 55.1. The van der Waals surface area contributed by atoms with Gasteiger partial charge in [-0.25, -0.2) is 13.7 Å². The van der Waals surface area contributed by atoms with E-state index >= 15 is 0 Å². The average Bonchev–Trinajstić information content (AvgIpc) is 1.74. The highest BCUT2D eigenvalue weighted by Crippen LogP contribution is 2.43. The Kier molecular flexibility index (Phi) is 14.4. The summed E-state index contributed by atoms with van der Waals surface area (Å²) in [5.74, 6) is 0. The van der Waals surface area contributed by atoms with Gasteiger partial charge >= 0.3 is 0 Å². The van der Waals surface area contributed by atoms with Crippen LogP contribution >= 0.6 is 0 Å². The number of furan rings is 1. The molecule has 11 aromatic carbocycles. The van der Waals surface area contributed by atoms with Crippen molar-refractivity contribution in [2.75, 3.05) is 0 Å². The van der Waals surface area contributed by atoms with E-state index in [0.717, 1.165) is 10.8 Å². The normalized spacial score (nSPS) is 11.6. The number of nitrogens with zero attached hydrogens (tertiary/aromatic N) is 6. The van der Waals surface area contributed by atoms with Crippen molar-refractivity contribution in [3.05, 3.63) is 297 Å². The van der Waals surface area contributed by atoms with Crippen LogP contribution in [0.3, 0.4) is 0 Å². The van der Waals surface area contributed by atoms with Gasteiger partial charge in [0.25, 0.3) is 0 Å². The molecule has 0 aliphatic heterocycles. The van der Waals surface area contributed by atoms with Crippen LogP contribution in [0, 0.1) is 20.8 Å². The molecule has 18 aromatic rings. The van der Waals surface area contributed by atoms with E-state index < -0.39 is 0 Å². The Hall–Kier alpha value is -11.7. The first-order valence-corrected chi connectivity index (χ1v) is 32.7. The van der Waals surface area contributed by atoms with Crippen LogP contribution in [0.4, 0.5) is 0 Å². The van der Waals surface area contributed by atoms with E-state index in [9.17, 15) is 0 Å². The van der Waals surface area contributed by atoms with Crippen molar-refractivity contribution in [3.8, 4) is 67.2 Å². The van der Waals surface area contributed by atoms with Gasteiger partial charge in [0.05, 0.1) is 34.7 Å². The molecule has 0 N–H and O–H groups in total. The molecule has 95 heavy (non-hydrogen) atoms. The van der Waals surface area contributed by atoms with E-state index in [1.54, 1.807) is 0 Å². The maximum absolute atomic E-state index is 5.73.